The predicted molar refractivity (Wildman–Crippen MR) is 102 cm³/mol. The molecule has 0 aromatic carbocycles. The molecular formula is C20H34N4. The monoisotopic (exact) mass is 330 g/mol. The lowest BCUT2D eigenvalue weighted by Gasteiger charge is -2.21. The quantitative estimate of drug-likeness (QED) is 0.568. The molecule has 2 fully saturated rings. The first kappa shape index (κ1) is 19.0. The van der Waals surface area contributed by atoms with Crippen molar-refractivity contribution in [2.45, 2.75) is 90.1 Å². The van der Waals surface area contributed by atoms with Gasteiger partial charge < -0.3 is 0 Å². The molecule has 0 aromatic heterocycles. The minimum atomic E-state index is 0.176. The minimum absolute atomic E-state index is 0.176. The average molecular weight is 331 g/mol. The van der Waals surface area contributed by atoms with Crippen LogP contribution >= 0.6 is 0 Å². The normalized spacial score (nSPS) is 23.9. The van der Waals surface area contributed by atoms with E-state index >= 15 is 0 Å². The van der Waals surface area contributed by atoms with Gasteiger partial charge in [-0.3, -0.25) is 5.01 Å². The maximum atomic E-state index is 5.42. The molecule has 2 N–H and O–H groups in total. The van der Waals surface area contributed by atoms with Crippen molar-refractivity contribution in [3.05, 3.63) is 24.6 Å². The Bertz CT molecular complexity index is 436. The standard InChI is InChI=1S/C13H22N2.C7H12N2/c1-3-7-12(8-4-1)14-11-15-13-9-5-2-6-10-13;1-7(2)3-5-9(8)6-4-7/h12-13H,1-10H2;3-6H,8H2,1-2H3. The zero-order valence-corrected chi connectivity index (χ0v) is 15.5. The van der Waals surface area contributed by atoms with Crippen molar-refractivity contribution in [2.24, 2.45) is 21.2 Å². The van der Waals surface area contributed by atoms with Crippen molar-refractivity contribution in [2.75, 3.05) is 0 Å². The van der Waals surface area contributed by atoms with Crippen LogP contribution in [0.1, 0.15) is 78.1 Å². The Morgan fingerprint density at radius 1 is 0.833 bits per heavy atom. The summed E-state index contributed by atoms with van der Waals surface area (Å²) in [5.41, 5.74) is 0.176. The van der Waals surface area contributed by atoms with Crippen molar-refractivity contribution in [3.63, 3.8) is 0 Å². The SMILES string of the molecule is C(=NC1CCCCC1)=NC1CCCCC1.CC1(C)C=CN(N)C=C1. The summed E-state index contributed by atoms with van der Waals surface area (Å²) < 4.78 is 0. The molecule has 3 aliphatic rings. The Hall–Kier alpha value is -1.38. The molecule has 0 saturated heterocycles. The molecular weight excluding hydrogens is 296 g/mol. The van der Waals surface area contributed by atoms with Crippen LogP contribution in [0.15, 0.2) is 34.5 Å². The zero-order chi connectivity index (χ0) is 17.3. The van der Waals surface area contributed by atoms with Crippen LogP contribution in [0.5, 0.6) is 0 Å². The van der Waals surface area contributed by atoms with Gasteiger partial charge in [0, 0.05) is 17.8 Å². The maximum Gasteiger partial charge on any atom is 0.0898 e. The van der Waals surface area contributed by atoms with Crippen LogP contribution in [0.3, 0.4) is 0 Å². The number of hydrogen-bond acceptors (Lipinski definition) is 4. The third-order valence-corrected chi connectivity index (χ3v) is 4.98. The van der Waals surface area contributed by atoms with Gasteiger partial charge in [0.25, 0.3) is 0 Å². The van der Waals surface area contributed by atoms with E-state index in [-0.39, 0.29) is 5.41 Å². The van der Waals surface area contributed by atoms with Crippen LogP contribution in [0, 0.1) is 5.41 Å². The lowest BCUT2D eigenvalue weighted by molar-refractivity contribution is 0.438. The van der Waals surface area contributed by atoms with Gasteiger partial charge in [-0.2, -0.15) is 0 Å². The summed E-state index contributed by atoms with van der Waals surface area (Å²) in [5.74, 6) is 5.42. The molecule has 1 heterocycles. The Morgan fingerprint density at radius 3 is 1.62 bits per heavy atom. The number of hydrazine groups is 1. The number of aliphatic imine (C=N–C) groups is 2. The highest BCUT2D eigenvalue weighted by molar-refractivity contribution is 5.42. The van der Waals surface area contributed by atoms with Crippen molar-refractivity contribution < 1.29 is 0 Å². The Balaban J connectivity index is 0.000000198. The molecule has 4 heteroatoms. The first-order chi connectivity index (χ1) is 11.6. The number of nitrogens with zero attached hydrogens (tertiary/aromatic N) is 3. The highest BCUT2D eigenvalue weighted by atomic mass is 15.4. The molecule has 24 heavy (non-hydrogen) atoms. The number of allylic oxidation sites excluding steroid dienone is 2. The highest BCUT2D eigenvalue weighted by Crippen LogP contribution is 2.22. The molecule has 0 radical (unpaired) electrons. The van der Waals surface area contributed by atoms with Crippen molar-refractivity contribution in [3.8, 4) is 0 Å². The number of rotatable bonds is 2. The summed E-state index contributed by atoms with van der Waals surface area (Å²) in [6, 6.07) is 4.04. The molecule has 0 spiro atoms. The van der Waals surface area contributed by atoms with E-state index in [1.165, 1.54) is 64.2 Å². The molecule has 0 aromatic rings. The molecule has 2 saturated carbocycles. The van der Waals surface area contributed by atoms with Crippen LogP contribution < -0.4 is 5.84 Å². The third-order valence-electron chi connectivity index (χ3n) is 4.98. The van der Waals surface area contributed by atoms with Crippen molar-refractivity contribution >= 4 is 6.01 Å². The van der Waals surface area contributed by atoms with E-state index in [1.54, 1.807) is 5.01 Å². The van der Waals surface area contributed by atoms with Crippen LogP contribution in [0.2, 0.25) is 0 Å². The van der Waals surface area contributed by atoms with Crippen molar-refractivity contribution in [1.29, 1.82) is 0 Å². The van der Waals surface area contributed by atoms with E-state index in [1.807, 2.05) is 12.4 Å². The summed E-state index contributed by atoms with van der Waals surface area (Å²) >= 11 is 0. The van der Waals surface area contributed by atoms with Gasteiger partial charge in [-0.25, -0.2) is 15.8 Å². The maximum absolute atomic E-state index is 5.42. The smallest absolute Gasteiger partial charge is 0.0898 e. The molecule has 3 rings (SSSR count). The first-order valence-electron chi connectivity index (χ1n) is 9.62. The zero-order valence-electron chi connectivity index (χ0n) is 15.5. The van der Waals surface area contributed by atoms with Crippen LogP contribution in [0.25, 0.3) is 0 Å². The van der Waals surface area contributed by atoms with E-state index in [0.29, 0.717) is 12.1 Å². The summed E-state index contributed by atoms with van der Waals surface area (Å²) in [7, 11) is 0. The van der Waals surface area contributed by atoms with E-state index in [2.05, 4.69) is 42.0 Å². The average Bonchev–Trinajstić information content (AvgIpc) is 2.60. The Kier molecular flexibility index (Phi) is 7.74. The van der Waals surface area contributed by atoms with Crippen molar-refractivity contribution in [1.82, 2.24) is 5.01 Å². The second kappa shape index (κ2) is 9.80. The largest absolute Gasteiger partial charge is 0.295 e. The fourth-order valence-corrected chi connectivity index (χ4v) is 3.28. The predicted octanol–water partition coefficient (Wildman–Crippen LogP) is 5.06. The summed E-state index contributed by atoms with van der Waals surface area (Å²) in [6.07, 6.45) is 21.1. The van der Waals surface area contributed by atoms with Gasteiger partial charge in [-0.1, -0.05) is 64.5 Å². The molecule has 134 valence electrons. The van der Waals surface area contributed by atoms with Gasteiger partial charge in [0.15, 0.2) is 0 Å². The van der Waals surface area contributed by atoms with Crippen LogP contribution in [-0.2, 0) is 0 Å². The number of hydrogen-bond donors (Lipinski definition) is 1. The summed E-state index contributed by atoms with van der Waals surface area (Å²) in [6.45, 7) is 4.26. The first-order valence-corrected chi connectivity index (χ1v) is 9.62. The lowest BCUT2D eigenvalue weighted by Crippen LogP contribution is -2.23. The van der Waals surface area contributed by atoms with Gasteiger partial charge in [-0.15, -0.1) is 0 Å². The second-order valence-electron chi connectivity index (χ2n) is 7.84. The van der Waals surface area contributed by atoms with Gasteiger partial charge in [-0.05, 0) is 25.7 Å². The molecule has 0 atom stereocenters. The van der Waals surface area contributed by atoms with Crippen LogP contribution in [-0.4, -0.2) is 23.1 Å². The van der Waals surface area contributed by atoms with E-state index in [0.717, 1.165) is 0 Å². The highest BCUT2D eigenvalue weighted by Gasteiger charge is 2.13. The Morgan fingerprint density at radius 2 is 1.25 bits per heavy atom. The number of nitrogens with two attached hydrogens (primary N) is 1. The lowest BCUT2D eigenvalue weighted by atomic mass is 9.92. The molecule has 4 nitrogen and oxygen atoms in total. The summed E-state index contributed by atoms with van der Waals surface area (Å²) in [5, 5.41) is 1.55. The van der Waals surface area contributed by atoms with Gasteiger partial charge in [0.1, 0.15) is 0 Å². The molecule has 1 aliphatic heterocycles. The molecule has 0 amide bonds. The Labute approximate surface area is 147 Å². The minimum Gasteiger partial charge on any atom is -0.295 e. The van der Waals surface area contributed by atoms with Gasteiger partial charge >= 0.3 is 0 Å². The fourth-order valence-electron chi connectivity index (χ4n) is 3.28. The molecule has 0 unspecified atom stereocenters. The van der Waals surface area contributed by atoms with Gasteiger partial charge in [0.2, 0.25) is 0 Å². The second-order valence-corrected chi connectivity index (χ2v) is 7.84. The van der Waals surface area contributed by atoms with E-state index < -0.39 is 0 Å². The van der Waals surface area contributed by atoms with Crippen LogP contribution in [0.4, 0.5) is 0 Å². The molecule has 2 aliphatic carbocycles. The van der Waals surface area contributed by atoms with E-state index in [9.17, 15) is 0 Å². The van der Waals surface area contributed by atoms with Gasteiger partial charge in [0.05, 0.1) is 18.1 Å². The fraction of sp³-hybridized carbons (Fsp3) is 0.750. The topological polar surface area (TPSA) is 54.0 Å². The summed E-state index contributed by atoms with van der Waals surface area (Å²) in [4.78, 5) is 8.92. The molecule has 0 bridgehead atoms. The van der Waals surface area contributed by atoms with E-state index in [4.69, 9.17) is 5.84 Å². The third kappa shape index (κ3) is 7.46.